The molecule has 0 aromatic heterocycles. The summed E-state index contributed by atoms with van der Waals surface area (Å²) in [7, 11) is -0.745. The van der Waals surface area contributed by atoms with Crippen molar-refractivity contribution < 1.29 is 48.3 Å². The Bertz CT molecular complexity index is 546. The summed E-state index contributed by atoms with van der Waals surface area (Å²) in [6.45, 7) is 6.41. The van der Waals surface area contributed by atoms with Crippen LogP contribution in [0.5, 0.6) is 0 Å². The van der Waals surface area contributed by atoms with Gasteiger partial charge in [-0.25, -0.2) is 13.2 Å². The van der Waals surface area contributed by atoms with E-state index in [9.17, 15) is 26.2 Å². The molecular weight excluding hydrogens is 384 g/mol. The van der Waals surface area contributed by atoms with Crippen LogP contribution < -0.4 is 6.15 Å². The van der Waals surface area contributed by atoms with E-state index in [-0.39, 0.29) is 12.1 Å². The lowest BCUT2D eigenvalue weighted by Gasteiger charge is -2.23. The first-order chi connectivity index (χ1) is 10.4. The summed E-state index contributed by atoms with van der Waals surface area (Å²) in [5, 5.41) is 0. The van der Waals surface area contributed by atoms with Gasteiger partial charge in [0.15, 0.2) is 0 Å². The molecule has 0 saturated carbocycles. The average molecular weight is 412 g/mol. The van der Waals surface area contributed by atoms with Crippen LogP contribution in [0.15, 0.2) is 12.2 Å². The first-order valence-corrected chi connectivity index (χ1v) is 8.82. The number of carbonyl (C=O) groups excluding carboxylic acids is 1. The van der Waals surface area contributed by atoms with E-state index in [2.05, 4.69) is 36.1 Å². The van der Waals surface area contributed by atoms with Crippen molar-refractivity contribution in [3.63, 3.8) is 0 Å². The van der Waals surface area contributed by atoms with Gasteiger partial charge in [-0.2, -0.15) is 8.42 Å². The molecule has 0 aliphatic heterocycles. The summed E-state index contributed by atoms with van der Waals surface area (Å²) in [4.78, 5) is 10.9. The predicted octanol–water partition coefficient (Wildman–Crippen LogP) is -0.497. The number of esters is 1. The third-order valence-electron chi connectivity index (χ3n) is 1.76. The molecule has 0 bridgehead atoms. The molecule has 0 saturated heterocycles. The second-order valence-corrected chi connectivity index (χ2v) is 7.44. The van der Waals surface area contributed by atoms with Crippen LogP contribution in [0.2, 0.25) is 0 Å². The zero-order valence-electron chi connectivity index (χ0n) is 15.2. The highest BCUT2D eigenvalue weighted by Gasteiger charge is 2.09. The van der Waals surface area contributed by atoms with Crippen LogP contribution in [-0.4, -0.2) is 84.9 Å². The van der Waals surface area contributed by atoms with Gasteiger partial charge >= 0.3 is 16.4 Å². The fourth-order valence-corrected chi connectivity index (χ4v) is 0.535. The second kappa shape index (κ2) is 14.1. The molecule has 0 radical (unpaired) electrons. The Morgan fingerprint density at radius 2 is 1.44 bits per heavy atom. The van der Waals surface area contributed by atoms with Crippen molar-refractivity contribution in [2.75, 3.05) is 48.5 Å². The minimum Gasteiger partial charge on any atom is -0.726 e. The van der Waals surface area contributed by atoms with Gasteiger partial charge in [0.1, 0.15) is 13.2 Å². The number of ether oxygens (including phenoxy) is 1. The Labute approximate surface area is 149 Å². The molecule has 0 aliphatic rings. The van der Waals surface area contributed by atoms with Crippen LogP contribution in [0.3, 0.4) is 0 Å². The van der Waals surface area contributed by atoms with Crippen molar-refractivity contribution in [1.82, 2.24) is 6.15 Å². The van der Waals surface area contributed by atoms with E-state index in [0.29, 0.717) is 12.2 Å². The van der Waals surface area contributed by atoms with Gasteiger partial charge in [0.25, 0.3) is 0 Å². The predicted molar refractivity (Wildman–Crippen MR) is 89.0 cm³/mol. The molecule has 12 nitrogen and oxygen atoms in total. The molecule has 4 N–H and O–H groups in total. The van der Waals surface area contributed by atoms with Crippen molar-refractivity contribution in [1.29, 1.82) is 0 Å². The zero-order valence-corrected chi connectivity index (χ0v) is 16.8. The summed E-state index contributed by atoms with van der Waals surface area (Å²) >= 11 is 0. The van der Waals surface area contributed by atoms with Crippen molar-refractivity contribution in [3.05, 3.63) is 12.2 Å². The van der Waals surface area contributed by atoms with E-state index in [1.165, 1.54) is 0 Å². The van der Waals surface area contributed by atoms with Crippen LogP contribution in [0.1, 0.15) is 6.92 Å². The van der Waals surface area contributed by atoms with Crippen molar-refractivity contribution >= 4 is 26.8 Å². The standard InChI is InChI=1S/C9H18NO2.2CH4O4S.H3N/c1-8(2)9(11)12-7-6-10(3,4)5;2*1-5-6(2,3)4;/h1,6-7H2,2-5H3;2*1H3,(H,2,3,4);1H3/q+1;;;/p-1. The van der Waals surface area contributed by atoms with Gasteiger partial charge < -0.3 is 19.9 Å². The Hall–Kier alpha value is -1.13. The van der Waals surface area contributed by atoms with Crippen molar-refractivity contribution in [2.24, 2.45) is 0 Å². The molecule has 14 heteroatoms. The molecule has 0 atom stereocenters. The first-order valence-electron chi connectivity index (χ1n) is 6.12. The lowest BCUT2D eigenvalue weighted by Crippen LogP contribution is -2.38. The van der Waals surface area contributed by atoms with Crippen LogP contribution in [0, 0.1) is 0 Å². The van der Waals surface area contributed by atoms with Crippen LogP contribution in [0.25, 0.3) is 0 Å². The fourth-order valence-electron chi connectivity index (χ4n) is 0.535. The van der Waals surface area contributed by atoms with E-state index in [0.717, 1.165) is 25.2 Å². The minimum absolute atomic E-state index is 0. The lowest BCUT2D eigenvalue weighted by atomic mass is 10.4. The molecule has 0 fully saturated rings. The van der Waals surface area contributed by atoms with Crippen LogP contribution >= 0.6 is 0 Å². The first kappa shape index (κ1) is 31.6. The summed E-state index contributed by atoms with van der Waals surface area (Å²) in [6, 6.07) is 0. The van der Waals surface area contributed by atoms with Crippen molar-refractivity contribution in [2.45, 2.75) is 6.92 Å². The van der Waals surface area contributed by atoms with E-state index in [1.807, 2.05) is 0 Å². The smallest absolute Gasteiger partial charge is 0.397 e. The zero-order chi connectivity index (χ0) is 20.2. The van der Waals surface area contributed by atoms with E-state index in [1.54, 1.807) is 6.92 Å². The number of quaternary nitrogens is 1. The highest BCUT2D eigenvalue weighted by molar-refractivity contribution is 7.81. The molecule has 154 valence electrons. The van der Waals surface area contributed by atoms with Gasteiger partial charge in [-0.3, -0.25) is 12.9 Å². The molecule has 0 unspecified atom stereocenters. The average Bonchev–Trinajstić information content (AvgIpc) is 2.36. The maximum absolute atomic E-state index is 10.9. The number of hydrogen-bond donors (Lipinski definition) is 2. The second-order valence-electron chi connectivity index (χ2n) is 5.10. The summed E-state index contributed by atoms with van der Waals surface area (Å²) < 4.78 is 66.4. The quantitative estimate of drug-likeness (QED) is 0.188. The van der Waals surface area contributed by atoms with Gasteiger partial charge in [-0.1, -0.05) is 6.58 Å². The van der Waals surface area contributed by atoms with Gasteiger partial charge in [0, 0.05) is 5.57 Å². The molecular formula is C11H28N2O10S2. The van der Waals surface area contributed by atoms with Gasteiger partial charge in [-0.15, -0.1) is 0 Å². The SMILES string of the molecule is C=C(C)C(=O)OCC[N+](C)(C)C.COS(=O)(=O)O.COS(=O)(=O)[O-].N. The number of rotatable bonds is 6. The number of hydrogen-bond acceptors (Lipinski definition) is 10. The summed E-state index contributed by atoms with van der Waals surface area (Å²) in [5.74, 6) is -0.302. The largest absolute Gasteiger partial charge is 0.726 e. The highest BCUT2D eigenvalue weighted by atomic mass is 32.3. The molecule has 0 aromatic rings. The lowest BCUT2D eigenvalue weighted by molar-refractivity contribution is -0.870. The Balaban J connectivity index is -0.000000144. The van der Waals surface area contributed by atoms with Gasteiger partial charge in [0.05, 0.1) is 35.4 Å². The normalized spacial score (nSPS) is 10.9. The van der Waals surface area contributed by atoms with E-state index in [4.69, 9.17) is 9.29 Å². The van der Waals surface area contributed by atoms with Gasteiger partial charge in [0.2, 0.25) is 10.4 Å². The number of likely N-dealkylation sites (N-methyl/N-ethyl adjacent to an activating group) is 1. The van der Waals surface area contributed by atoms with E-state index < -0.39 is 20.8 Å². The molecule has 0 aliphatic carbocycles. The molecule has 0 rings (SSSR count). The topological polar surface area (TPSA) is 191 Å². The fraction of sp³-hybridized carbons (Fsp3) is 0.727. The molecule has 0 spiro atoms. The van der Waals surface area contributed by atoms with Gasteiger partial charge in [-0.05, 0) is 6.92 Å². The molecule has 0 aromatic carbocycles. The third-order valence-corrected chi connectivity index (χ3v) is 2.59. The summed E-state index contributed by atoms with van der Waals surface area (Å²) in [6.07, 6.45) is 0. The maximum atomic E-state index is 10.9. The minimum atomic E-state index is -4.41. The molecule has 0 heterocycles. The Morgan fingerprint density at radius 1 is 1.12 bits per heavy atom. The Kier molecular flexibility index (Phi) is 17.8. The number of carbonyl (C=O) groups is 1. The third kappa shape index (κ3) is 39.6. The van der Waals surface area contributed by atoms with Crippen LogP contribution in [-0.2, 0) is 38.7 Å². The van der Waals surface area contributed by atoms with Crippen LogP contribution in [0.4, 0.5) is 0 Å². The number of nitrogens with zero attached hydrogens (tertiary/aromatic N) is 1. The molecule has 0 amide bonds. The highest BCUT2D eigenvalue weighted by Crippen LogP contribution is 1.94. The summed E-state index contributed by atoms with van der Waals surface area (Å²) in [5.41, 5.74) is 0.455. The van der Waals surface area contributed by atoms with Crippen molar-refractivity contribution in [3.8, 4) is 0 Å². The Morgan fingerprint density at radius 3 is 1.60 bits per heavy atom. The monoisotopic (exact) mass is 412 g/mol. The van der Waals surface area contributed by atoms with E-state index >= 15 is 0 Å². The maximum Gasteiger partial charge on any atom is 0.397 e. The molecule has 25 heavy (non-hydrogen) atoms.